The zero-order chi connectivity index (χ0) is 15.2. The zero-order valence-electron chi connectivity index (χ0n) is 11.6. The van der Waals surface area contributed by atoms with Crippen molar-refractivity contribution in [3.8, 4) is 0 Å². The van der Waals surface area contributed by atoms with E-state index in [4.69, 9.17) is 14.9 Å². The Morgan fingerprint density at radius 3 is 2.71 bits per heavy atom. The number of pyridine rings is 1. The fourth-order valence-corrected chi connectivity index (χ4v) is 2.31. The molecule has 1 saturated heterocycles. The molecule has 114 valence electrons. The first-order valence-electron chi connectivity index (χ1n) is 6.83. The SMILES string of the molecule is O=C(O)c1cc(C(=O)N2CCC(OCCO)CC2)ccn1. The highest BCUT2D eigenvalue weighted by molar-refractivity contribution is 5.96. The predicted molar refractivity (Wildman–Crippen MR) is 73.2 cm³/mol. The Morgan fingerprint density at radius 1 is 1.38 bits per heavy atom. The molecule has 7 heteroatoms. The molecule has 1 aromatic rings. The molecular weight excluding hydrogens is 276 g/mol. The second-order valence-electron chi connectivity index (χ2n) is 4.82. The molecule has 2 N–H and O–H groups in total. The summed E-state index contributed by atoms with van der Waals surface area (Å²) in [6, 6.07) is 2.81. The fraction of sp³-hybridized carbons (Fsp3) is 0.500. The van der Waals surface area contributed by atoms with Crippen molar-refractivity contribution < 1.29 is 24.5 Å². The maximum Gasteiger partial charge on any atom is 0.354 e. The predicted octanol–water partition coefficient (Wildman–Crippen LogP) is 0.393. The summed E-state index contributed by atoms with van der Waals surface area (Å²) in [5.41, 5.74) is 0.194. The molecule has 0 spiro atoms. The smallest absolute Gasteiger partial charge is 0.354 e. The highest BCUT2D eigenvalue weighted by Gasteiger charge is 2.24. The number of likely N-dealkylation sites (tertiary alicyclic amines) is 1. The highest BCUT2D eigenvalue weighted by atomic mass is 16.5. The van der Waals surface area contributed by atoms with Crippen LogP contribution in [-0.2, 0) is 4.74 Å². The number of aliphatic hydroxyl groups excluding tert-OH is 1. The molecule has 0 unspecified atom stereocenters. The van der Waals surface area contributed by atoms with E-state index in [9.17, 15) is 9.59 Å². The summed E-state index contributed by atoms with van der Waals surface area (Å²) in [6.07, 6.45) is 2.81. The Hall–Kier alpha value is -1.99. The number of carboxylic acids is 1. The molecule has 0 atom stereocenters. The summed E-state index contributed by atoms with van der Waals surface area (Å²) in [6.45, 7) is 1.42. The maximum absolute atomic E-state index is 12.3. The number of nitrogens with zero attached hydrogens (tertiary/aromatic N) is 2. The summed E-state index contributed by atoms with van der Waals surface area (Å²) in [5, 5.41) is 17.6. The lowest BCUT2D eigenvalue weighted by Gasteiger charge is -2.31. The van der Waals surface area contributed by atoms with Crippen LogP contribution in [0.2, 0.25) is 0 Å². The van der Waals surface area contributed by atoms with Crippen molar-refractivity contribution in [1.82, 2.24) is 9.88 Å². The van der Waals surface area contributed by atoms with Crippen LogP contribution >= 0.6 is 0 Å². The second kappa shape index (κ2) is 7.14. The van der Waals surface area contributed by atoms with E-state index in [2.05, 4.69) is 4.98 Å². The number of carbonyl (C=O) groups excluding carboxylic acids is 1. The zero-order valence-corrected chi connectivity index (χ0v) is 11.6. The number of aromatic carboxylic acids is 1. The van der Waals surface area contributed by atoms with Crippen LogP contribution in [0.3, 0.4) is 0 Å². The number of carbonyl (C=O) groups is 2. The third kappa shape index (κ3) is 3.99. The molecule has 0 aromatic carbocycles. The van der Waals surface area contributed by atoms with Crippen LogP contribution in [0, 0.1) is 0 Å². The molecule has 2 heterocycles. The van der Waals surface area contributed by atoms with Gasteiger partial charge in [0.2, 0.25) is 0 Å². The molecule has 0 bridgehead atoms. The maximum atomic E-state index is 12.3. The van der Waals surface area contributed by atoms with Crippen molar-refractivity contribution in [1.29, 1.82) is 0 Å². The lowest BCUT2D eigenvalue weighted by molar-refractivity contribution is -0.00554. The van der Waals surface area contributed by atoms with Crippen molar-refractivity contribution in [3.63, 3.8) is 0 Å². The van der Waals surface area contributed by atoms with Crippen molar-refractivity contribution in [2.24, 2.45) is 0 Å². The van der Waals surface area contributed by atoms with Crippen LogP contribution in [-0.4, -0.2) is 64.4 Å². The summed E-state index contributed by atoms with van der Waals surface area (Å²) in [7, 11) is 0. The number of hydrogen-bond acceptors (Lipinski definition) is 5. The minimum absolute atomic E-state index is 0.00583. The largest absolute Gasteiger partial charge is 0.477 e. The van der Waals surface area contributed by atoms with Crippen molar-refractivity contribution in [2.45, 2.75) is 18.9 Å². The van der Waals surface area contributed by atoms with Gasteiger partial charge in [0.05, 0.1) is 19.3 Å². The summed E-state index contributed by atoms with van der Waals surface area (Å²) >= 11 is 0. The van der Waals surface area contributed by atoms with E-state index in [0.29, 0.717) is 38.1 Å². The topological polar surface area (TPSA) is 100.0 Å². The van der Waals surface area contributed by atoms with Gasteiger partial charge >= 0.3 is 5.97 Å². The van der Waals surface area contributed by atoms with Gasteiger partial charge in [0.25, 0.3) is 5.91 Å². The standard InChI is InChI=1S/C14H18N2O5/c17-7-8-21-11-2-5-16(6-3-11)13(18)10-1-4-15-12(9-10)14(19)20/h1,4,9,11,17H,2-3,5-8H2,(H,19,20). The quantitative estimate of drug-likeness (QED) is 0.815. The number of aromatic nitrogens is 1. The van der Waals surface area contributed by atoms with E-state index < -0.39 is 5.97 Å². The Morgan fingerprint density at radius 2 is 2.10 bits per heavy atom. The molecule has 1 aromatic heterocycles. The first-order valence-corrected chi connectivity index (χ1v) is 6.83. The van der Waals surface area contributed by atoms with Gasteiger partial charge in [0, 0.05) is 24.8 Å². The Kier molecular flexibility index (Phi) is 5.24. The molecule has 21 heavy (non-hydrogen) atoms. The lowest BCUT2D eigenvalue weighted by Crippen LogP contribution is -2.41. The average molecular weight is 294 g/mol. The average Bonchev–Trinajstić information content (AvgIpc) is 2.53. The van der Waals surface area contributed by atoms with Crippen molar-refractivity contribution >= 4 is 11.9 Å². The van der Waals surface area contributed by atoms with E-state index in [1.54, 1.807) is 4.90 Å². The molecule has 1 fully saturated rings. The van der Waals surface area contributed by atoms with Gasteiger partial charge in [-0.1, -0.05) is 0 Å². The number of ether oxygens (including phenoxy) is 1. The van der Waals surface area contributed by atoms with Crippen LogP contribution in [0.4, 0.5) is 0 Å². The fourth-order valence-electron chi connectivity index (χ4n) is 2.31. The number of carboxylic acid groups (broad SMARTS) is 1. The Labute approximate surface area is 122 Å². The number of hydrogen-bond donors (Lipinski definition) is 2. The van der Waals surface area contributed by atoms with E-state index in [0.717, 1.165) is 0 Å². The molecule has 0 aliphatic carbocycles. The lowest BCUT2D eigenvalue weighted by atomic mass is 10.1. The van der Waals surface area contributed by atoms with Crippen LogP contribution in [0.25, 0.3) is 0 Å². The van der Waals surface area contributed by atoms with E-state index >= 15 is 0 Å². The van der Waals surface area contributed by atoms with Crippen LogP contribution < -0.4 is 0 Å². The highest BCUT2D eigenvalue weighted by Crippen LogP contribution is 2.16. The third-order valence-corrected chi connectivity index (χ3v) is 3.40. The van der Waals surface area contributed by atoms with Gasteiger partial charge < -0.3 is 19.8 Å². The van der Waals surface area contributed by atoms with Crippen LogP contribution in [0.5, 0.6) is 0 Å². The molecule has 2 rings (SSSR count). The minimum atomic E-state index is -1.15. The van der Waals surface area contributed by atoms with E-state index in [1.165, 1.54) is 18.3 Å². The van der Waals surface area contributed by atoms with Crippen LogP contribution in [0.15, 0.2) is 18.3 Å². The van der Waals surface area contributed by atoms with Gasteiger partial charge in [-0.15, -0.1) is 0 Å². The third-order valence-electron chi connectivity index (χ3n) is 3.40. The van der Waals surface area contributed by atoms with Gasteiger partial charge in [-0.2, -0.15) is 0 Å². The van der Waals surface area contributed by atoms with E-state index in [1.807, 2.05) is 0 Å². The second-order valence-corrected chi connectivity index (χ2v) is 4.82. The van der Waals surface area contributed by atoms with Crippen molar-refractivity contribution in [3.05, 3.63) is 29.6 Å². The van der Waals surface area contributed by atoms with E-state index in [-0.39, 0.29) is 24.3 Å². The number of amides is 1. The summed E-state index contributed by atoms with van der Waals surface area (Å²) < 4.78 is 5.44. The summed E-state index contributed by atoms with van der Waals surface area (Å²) in [5.74, 6) is -1.35. The number of rotatable bonds is 5. The molecule has 0 saturated carbocycles. The molecule has 1 aliphatic heterocycles. The summed E-state index contributed by atoms with van der Waals surface area (Å²) in [4.78, 5) is 28.6. The first-order chi connectivity index (χ1) is 10.1. The monoisotopic (exact) mass is 294 g/mol. The minimum Gasteiger partial charge on any atom is -0.477 e. The van der Waals surface area contributed by atoms with Crippen molar-refractivity contribution in [2.75, 3.05) is 26.3 Å². The van der Waals surface area contributed by atoms with Gasteiger partial charge in [-0.3, -0.25) is 4.79 Å². The van der Waals surface area contributed by atoms with Gasteiger partial charge in [-0.25, -0.2) is 9.78 Å². The van der Waals surface area contributed by atoms with Gasteiger partial charge in [0.1, 0.15) is 5.69 Å². The Balaban J connectivity index is 1.95. The van der Waals surface area contributed by atoms with Gasteiger partial charge in [-0.05, 0) is 25.0 Å². The van der Waals surface area contributed by atoms with Gasteiger partial charge in [0.15, 0.2) is 0 Å². The molecule has 0 radical (unpaired) electrons. The number of piperidine rings is 1. The molecule has 7 nitrogen and oxygen atoms in total. The first kappa shape index (κ1) is 15.4. The normalized spacial score (nSPS) is 16.0. The number of aliphatic hydroxyl groups is 1. The molecule has 1 amide bonds. The Bertz CT molecular complexity index is 512. The van der Waals surface area contributed by atoms with Crippen LogP contribution in [0.1, 0.15) is 33.7 Å². The molecule has 1 aliphatic rings. The molecular formula is C14H18N2O5.